The van der Waals surface area contributed by atoms with Gasteiger partial charge in [0.05, 0.1) is 12.0 Å². The zero-order chi connectivity index (χ0) is 15.0. The van der Waals surface area contributed by atoms with Crippen LogP contribution in [0.3, 0.4) is 0 Å². The Morgan fingerprint density at radius 2 is 1.90 bits per heavy atom. The molecule has 116 valence electrons. The number of benzene rings is 1. The standard InChI is InChI=1S/C14H19BrN2O3S/c1-20-13-4-9(15)5-14(8-13)21(18,19)17-12-6-10-2-3-11(7-12)16-10/h4-5,8,10-12,16-17H,2-3,6-7H2,1H3. The fourth-order valence-electron chi connectivity index (χ4n) is 3.25. The Morgan fingerprint density at radius 3 is 2.52 bits per heavy atom. The molecule has 2 aliphatic rings. The van der Waals surface area contributed by atoms with E-state index in [9.17, 15) is 8.42 Å². The molecule has 2 bridgehead atoms. The molecule has 2 heterocycles. The van der Waals surface area contributed by atoms with Crippen LogP contribution in [0.15, 0.2) is 27.6 Å². The smallest absolute Gasteiger partial charge is 0.240 e. The molecule has 5 nitrogen and oxygen atoms in total. The van der Waals surface area contributed by atoms with Crippen molar-refractivity contribution in [1.29, 1.82) is 0 Å². The van der Waals surface area contributed by atoms with Crippen molar-refractivity contribution in [3.63, 3.8) is 0 Å². The van der Waals surface area contributed by atoms with Gasteiger partial charge in [-0.25, -0.2) is 13.1 Å². The molecule has 2 fully saturated rings. The Hall–Kier alpha value is -0.630. The van der Waals surface area contributed by atoms with Gasteiger partial charge in [-0.2, -0.15) is 0 Å². The van der Waals surface area contributed by atoms with Gasteiger partial charge in [-0.05, 0) is 37.8 Å². The van der Waals surface area contributed by atoms with Gasteiger partial charge < -0.3 is 10.1 Å². The molecule has 21 heavy (non-hydrogen) atoms. The maximum absolute atomic E-state index is 12.5. The second-order valence-corrected chi connectivity index (χ2v) is 8.38. The van der Waals surface area contributed by atoms with Crippen molar-refractivity contribution in [3.8, 4) is 5.75 Å². The van der Waals surface area contributed by atoms with E-state index >= 15 is 0 Å². The van der Waals surface area contributed by atoms with E-state index in [4.69, 9.17) is 4.74 Å². The van der Waals surface area contributed by atoms with E-state index in [1.54, 1.807) is 18.2 Å². The summed E-state index contributed by atoms with van der Waals surface area (Å²) in [6, 6.07) is 5.80. The SMILES string of the molecule is COc1cc(Br)cc(S(=O)(=O)NC2CC3CCC(C2)N3)c1. The van der Waals surface area contributed by atoms with E-state index in [0.29, 0.717) is 22.3 Å². The summed E-state index contributed by atoms with van der Waals surface area (Å²) in [7, 11) is -2.00. The molecule has 0 aliphatic carbocycles. The molecule has 0 aromatic heterocycles. The molecule has 1 aromatic rings. The quantitative estimate of drug-likeness (QED) is 0.845. The van der Waals surface area contributed by atoms with Crippen LogP contribution in [0.4, 0.5) is 0 Å². The zero-order valence-electron chi connectivity index (χ0n) is 11.8. The number of piperidine rings is 1. The second kappa shape index (κ2) is 5.87. The Labute approximate surface area is 133 Å². The summed E-state index contributed by atoms with van der Waals surface area (Å²) in [5, 5.41) is 3.51. The fourth-order valence-corrected chi connectivity index (χ4v) is 5.20. The zero-order valence-corrected chi connectivity index (χ0v) is 14.2. The second-order valence-electron chi connectivity index (χ2n) is 5.75. The lowest BCUT2D eigenvalue weighted by molar-refractivity contribution is 0.345. The highest BCUT2D eigenvalue weighted by molar-refractivity contribution is 9.10. The fraction of sp³-hybridized carbons (Fsp3) is 0.571. The largest absolute Gasteiger partial charge is 0.497 e. The molecule has 1 aromatic carbocycles. The summed E-state index contributed by atoms with van der Waals surface area (Å²) in [5.41, 5.74) is 0. The topological polar surface area (TPSA) is 67.4 Å². The molecule has 0 amide bonds. The molecular formula is C14H19BrN2O3S. The number of hydrogen-bond donors (Lipinski definition) is 2. The van der Waals surface area contributed by atoms with Crippen molar-refractivity contribution in [2.45, 2.75) is 48.7 Å². The van der Waals surface area contributed by atoms with Crippen LogP contribution in [-0.2, 0) is 10.0 Å². The van der Waals surface area contributed by atoms with Gasteiger partial charge in [0.25, 0.3) is 0 Å². The number of sulfonamides is 1. The third-order valence-corrected chi connectivity index (χ3v) is 6.14. The molecule has 3 rings (SSSR count). The number of rotatable bonds is 4. The van der Waals surface area contributed by atoms with Crippen molar-refractivity contribution < 1.29 is 13.2 Å². The van der Waals surface area contributed by atoms with E-state index < -0.39 is 10.0 Å². The maximum Gasteiger partial charge on any atom is 0.240 e. The minimum absolute atomic E-state index is 0.0127. The first-order valence-electron chi connectivity index (χ1n) is 7.09. The summed E-state index contributed by atoms with van der Waals surface area (Å²) in [5.74, 6) is 0.523. The Morgan fingerprint density at radius 1 is 1.24 bits per heavy atom. The van der Waals surface area contributed by atoms with Crippen LogP contribution < -0.4 is 14.8 Å². The van der Waals surface area contributed by atoms with E-state index in [0.717, 1.165) is 25.7 Å². The lowest BCUT2D eigenvalue weighted by Gasteiger charge is -2.29. The summed E-state index contributed by atoms with van der Waals surface area (Å²) in [6.07, 6.45) is 4.02. The van der Waals surface area contributed by atoms with Crippen LogP contribution in [0.5, 0.6) is 5.75 Å². The van der Waals surface area contributed by atoms with Gasteiger partial charge in [-0.3, -0.25) is 0 Å². The van der Waals surface area contributed by atoms with Crippen LogP contribution in [0, 0.1) is 0 Å². The molecule has 0 spiro atoms. The Bertz CT molecular complexity index is 623. The van der Waals surface area contributed by atoms with Gasteiger partial charge in [0.2, 0.25) is 10.0 Å². The normalized spacial score (nSPS) is 28.6. The number of hydrogen-bond acceptors (Lipinski definition) is 4. The predicted octanol–water partition coefficient (Wildman–Crippen LogP) is 2.02. The van der Waals surface area contributed by atoms with Gasteiger partial charge in [-0.1, -0.05) is 15.9 Å². The average Bonchev–Trinajstić information content (AvgIpc) is 2.77. The monoisotopic (exact) mass is 374 g/mol. The van der Waals surface area contributed by atoms with E-state index in [2.05, 4.69) is 26.0 Å². The van der Waals surface area contributed by atoms with Crippen molar-refractivity contribution >= 4 is 26.0 Å². The number of ether oxygens (including phenoxy) is 1. The summed E-state index contributed by atoms with van der Waals surface area (Å²) in [4.78, 5) is 0.236. The van der Waals surface area contributed by atoms with Gasteiger partial charge in [-0.15, -0.1) is 0 Å². The van der Waals surface area contributed by atoms with Gasteiger partial charge in [0.15, 0.2) is 0 Å². The first-order chi connectivity index (χ1) is 9.96. The highest BCUT2D eigenvalue weighted by Gasteiger charge is 2.35. The molecule has 2 N–H and O–H groups in total. The summed E-state index contributed by atoms with van der Waals surface area (Å²) >= 11 is 3.32. The molecule has 0 radical (unpaired) electrons. The van der Waals surface area contributed by atoms with E-state index in [1.807, 2.05) is 0 Å². The highest BCUT2D eigenvalue weighted by atomic mass is 79.9. The molecular weight excluding hydrogens is 356 g/mol. The van der Waals surface area contributed by atoms with Crippen LogP contribution in [0.2, 0.25) is 0 Å². The molecule has 2 saturated heterocycles. The van der Waals surface area contributed by atoms with Crippen molar-refractivity contribution in [1.82, 2.24) is 10.0 Å². The maximum atomic E-state index is 12.5. The third kappa shape index (κ3) is 3.41. The number of halogens is 1. The Kier molecular flexibility index (Phi) is 4.27. The van der Waals surface area contributed by atoms with E-state index in [1.165, 1.54) is 7.11 Å². The van der Waals surface area contributed by atoms with Crippen LogP contribution in [0.25, 0.3) is 0 Å². The summed E-state index contributed by atoms with van der Waals surface area (Å²) < 4.78 is 33.8. The van der Waals surface area contributed by atoms with Crippen molar-refractivity contribution in [3.05, 3.63) is 22.7 Å². The predicted molar refractivity (Wildman–Crippen MR) is 84.0 cm³/mol. The van der Waals surface area contributed by atoms with E-state index in [-0.39, 0.29) is 10.9 Å². The number of nitrogens with one attached hydrogen (secondary N) is 2. The average molecular weight is 375 g/mol. The molecule has 2 unspecified atom stereocenters. The molecule has 0 saturated carbocycles. The molecule has 2 aliphatic heterocycles. The minimum Gasteiger partial charge on any atom is -0.497 e. The number of fused-ring (bicyclic) bond motifs is 2. The van der Waals surface area contributed by atoms with Gasteiger partial charge >= 0.3 is 0 Å². The third-order valence-electron chi connectivity index (χ3n) is 4.19. The van der Waals surface area contributed by atoms with Crippen LogP contribution in [0.1, 0.15) is 25.7 Å². The first-order valence-corrected chi connectivity index (χ1v) is 9.37. The van der Waals surface area contributed by atoms with Crippen LogP contribution >= 0.6 is 15.9 Å². The first kappa shape index (κ1) is 15.3. The van der Waals surface area contributed by atoms with Gasteiger partial charge in [0, 0.05) is 28.7 Å². The van der Waals surface area contributed by atoms with Crippen molar-refractivity contribution in [2.75, 3.05) is 7.11 Å². The molecule has 2 atom stereocenters. The molecule has 7 heteroatoms. The van der Waals surface area contributed by atoms with Crippen LogP contribution in [-0.4, -0.2) is 33.7 Å². The lowest BCUT2D eigenvalue weighted by atomic mass is 10.0. The Balaban J connectivity index is 1.79. The summed E-state index contributed by atoms with van der Waals surface area (Å²) in [6.45, 7) is 0. The minimum atomic E-state index is -3.52. The lowest BCUT2D eigenvalue weighted by Crippen LogP contribution is -2.47. The van der Waals surface area contributed by atoms with Crippen molar-refractivity contribution in [2.24, 2.45) is 0 Å². The number of methoxy groups -OCH3 is 1. The highest BCUT2D eigenvalue weighted by Crippen LogP contribution is 2.29. The van der Waals surface area contributed by atoms with Gasteiger partial charge in [0.1, 0.15) is 5.75 Å².